The number of aryl methyl sites for hydroxylation is 1. The van der Waals surface area contributed by atoms with Crippen LogP contribution in [0.2, 0.25) is 5.02 Å². The lowest BCUT2D eigenvalue weighted by molar-refractivity contribution is 0.921. The van der Waals surface area contributed by atoms with Crippen molar-refractivity contribution in [3.05, 3.63) is 46.7 Å². The molecule has 0 spiro atoms. The molecule has 18 heavy (non-hydrogen) atoms. The van der Waals surface area contributed by atoms with Gasteiger partial charge in [-0.15, -0.1) is 0 Å². The number of hydrogen-bond donors (Lipinski definition) is 2. The normalized spacial score (nSPS) is 10.3. The van der Waals surface area contributed by atoms with Crippen LogP contribution < -0.4 is 5.73 Å². The summed E-state index contributed by atoms with van der Waals surface area (Å²) in [5.74, 6) is -0.0616. The summed E-state index contributed by atoms with van der Waals surface area (Å²) in [6.07, 6.45) is 0. The first-order valence-corrected chi connectivity index (χ1v) is 6.37. The first-order chi connectivity index (χ1) is 8.54. The van der Waals surface area contributed by atoms with Crippen molar-refractivity contribution in [2.45, 2.75) is 17.0 Å². The van der Waals surface area contributed by atoms with Gasteiger partial charge in [-0.2, -0.15) is 0 Å². The maximum atomic E-state index is 7.40. The summed E-state index contributed by atoms with van der Waals surface area (Å²) in [5, 5.41) is 8.62. The summed E-state index contributed by atoms with van der Waals surface area (Å²) in [7, 11) is 0. The molecule has 0 saturated heterocycles. The van der Waals surface area contributed by atoms with Gasteiger partial charge in [0.25, 0.3) is 0 Å². The van der Waals surface area contributed by atoms with E-state index in [9.17, 15) is 0 Å². The molecule has 1 aromatic carbocycles. The average molecular weight is 279 g/mol. The number of amidine groups is 1. The van der Waals surface area contributed by atoms with Crippen molar-refractivity contribution >= 4 is 29.2 Å². The van der Waals surface area contributed by atoms with Gasteiger partial charge in [0.15, 0.2) is 5.16 Å². The molecule has 0 bridgehead atoms. The van der Waals surface area contributed by atoms with Crippen LogP contribution >= 0.6 is 23.4 Å². The van der Waals surface area contributed by atoms with Crippen LogP contribution in [0.4, 0.5) is 0 Å². The minimum atomic E-state index is -0.0616. The van der Waals surface area contributed by atoms with Gasteiger partial charge in [-0.05, 0) is 43.0 Å². The van der Waals surface area contributed by atoms with Crippen molar-refractivity contribution in [2.24, 2.45) is 5.73 Å². The van der Waals surface area contributed by atoms with E-state index in [1.807, 2.05) is 31.2 Å². The van der Waals surface area contributed by atoms with Gasteiger partial charge in [0.05, 0.1) is 0 Å². The van der Waals surface area contributed by atoms with E-state index in [0.717, 1.165) is 10.6 Å². The molecule has 0 saturated carbocycles. The molecule has 0 amide bonds. The second-order valence-corrected chi connectivity index (χ2v) is 5.13. The van der Waals surface area contributed by atoms with E-state index in [2.05, 4.69) is 9.97 Å². The molecule has 3 N–H and O–H groups in total. The Morgan fingerprint density at radius 2 is 2.11 bits per heavy atom. The summed E-state index contributed by atoms with van der Waals surface area (Å²) in [6.45, 7) is 1.84. The second kappa shape index (κ2) is 5.37. The molecule has 2 aromatic rings. The van der Waals surface area contributed by atoms with Crippen LogP contribution in [0.25, 0.3) is 0 Å². The van der Waals surface area contributed by atoms with Crippen molar-refractivity contribution in [3.8, 4) is 0 Å². The summed E-state index contributed by atoms with van der Waals surface area (Å²) < 4.78 is 0. The molecule has 0 aliphatic rings. The fourth-order valence-electron chi connectivity index (χ4n) is 1.36. The minimum Gasteiger partial charge on any atom is -0.382 e. The molecule has 92 valence electrons. The molecule has 2 rings (SSSR count). The SMILES string of the molecule is Cc1cc(C(=N)N)nc(Sc2cccc(Cl)c2)n1. The van der Waals surface area contributed by atoms with Gasteiger partial charge in [0.1, 0.15) is 11.5 Å². The van der Waals surface area contributed by atoms with Crippen LogP contribution in [0.3, 0.4) is 0 Å². The van der Waals surface area contributed by atoms with Gasteiger partial charge in [0, 0.05) is 15.6 Å². The topological polar surface area (TPSA) is 75.7 Å². The van der Waals surface area contributed by atoms with E-state index in [0.29, 0.717) is 15.9 Å². The highest BCUT2D eigenvalue weighted by Crippen LogP contribution is 2.27. The number of hydrogen-bond acceptors (Lipinski definition) is 4. The first-order valence-electron chi connectivity index (χ1n) is 5.18. The molecule has 0 unspecified atom stereocenters. The monoisotopic (exact) mass is 278 g/mol. The number of nitrogens with zero attached hydrogens (tertiary/aromatic N) is 2. The number of rotatable bonds is 3. The van der Waals surface area contributed by atoms with Crippen LogP contribution in [0.5, 0.6) is 0 Å². The standard InChI is InChI=1S/C12H11ClN4S/c1-7-5-10(11(14)15)17-12(16-7)18-9-4-2-3-8(13)6-9/h2-6H,1H3,(H3,14,15). The smallest absolute Gasteiger partial charge is 0.193 e. The van der Waals surface area contributed by atoms with Crippen molar-refractivity contribution < 1.29 is 0 Å². The molecule has 0 fully saturated rings. The summed E-state index contributed by atoms with van der Waals surface area (Å²) in [5.41, 5.74) is 6.65. The lowest BCUT2D eigenvalue weighted by Crippen LogP contribution is -2.14. The number of benzene rings is 1. The second-order valence-electron chi connectivity index (χ2n) is 3.65. The predicted octanol–water partition coefficient (Wildman–Crippen LogP) is 2.87. The van der Waals surface area contributed by atoms with E-state index in [4.69, 9.17) is 22.7 Å². The Morgan fingerprint density at radius 1 is 1.33 bits per heavy atom. The number of halogens is 1. The van der Waals surface area contributed by atoms with Crippen molar-refractivity contribution in [3.63, 3.8) is 0 Å². The highest BCUT2D eigenvalue weighted by Gasteiger charge is 2.06. The number of aromatic nitrogens is 2. The Labute approximate surface area is 114 Å². The van der Waals surface area contributed by atoms with Gasteiger partial charge in [-0.3, -0.25) is 5.41 Å². The van der Waals surface area contributed by atoms with Crippen molar-refractivity contribution in [2.75, 3.05) is 0 Å². The maximum Gasteiger partial charge on any atom is 0.193 e. The minimum absolute atomic E-state index is 0.0616. The Kier molecular flexibility index (Phi) is 3.84. The molecular weight excluding hydrogens is 268 g/mol. The highest BCUT2D eigenvalue weighted by molar-refractivity contribution is 7.99. The van der Waals surface area contributed by atoms with Gasteiger partial charge in [-0.25, -0.2) is 9.97 Å². The van der Waals surface area contributed by atoms with Crippen LogP contribution in [0, 0.1) is 12.3 Å². The molecule has 6 heteroatoms. The van der Waals surface area contributed by atoms with Crippen molar-refractivity contribution in [1.29, 1.82) is 5.41 Å². The number of nitrogens with one attached hydrogen (secondary N) is 1. The quantitative estimate of drug-likeness (QED) is 0.514. The fourth-order valence-corrected chi connectivity index (χ4v) is 2.49. The van der Waals surface area contributed by atoms with Crippen LogP contribution in [0.1, 0.15) is 11.4 Å². The zero-order chi connectivity index (χ0) is 13.1. The van der Waals surface area contributed by atoms with Crippen LogP contribution in [-0.2, 0) is 0 Å². The van der Waals surface area contributed by atoms with E-state index < -0.39 is 0 Å². The predicted molar refractivity (Wildman–Crippen MR) is 73.4 cm³/mol. The van der Waals surface area contributed by atoms with Crippen molar-refractivity contribution in [1.82, 2.24) is 9.97 Å². The largest absolute Gasteiger partial charge is 0.382 e. The zero-order valence-corrected chi connectivity index (χ0v) is 11.2. The first kappa shape index (κ1) is 12.9. The third-order valence-electron chi connectivity index (χ3n) is 2.11. The zero-order valence-electron chi connectivity index (χ0n) is 9.64. The molecule has 1 heterocycles. The van der Waals surface area contributed by atoms with Gasteiger partial charge in [-0.1, -0.05) is 17.7 Å². The maximum absolute atomic E-state index is 7.40. The van der Waals surface area contributed by atoms with E-state index in [1.165, 1.54) is 11.8 Å². The summed E-state index contributed by atoms with van der Waals surface area (Å²) in [6, 6.07) is 9.13. The number of nitrogens with two attached hydrogens (primary N) is 1. The molecule has 0 radical (unpaired) electrons. The van der Waals surface area contributed by atoms with Gasteiger partial charge in [0.2, 0.25) is 0 Å². The fraction of sp³-hybridized carbons (Fsp3) is 0.0833. The average Bonchev–Trinajstić information content (AvgIpc) is 2.28. The molecule has 0 atom stereocenters. The number of nitrogen functional groups attached to an aromatic ring is 1. The third kappa shape index (κ3) is 3.21. The lowest BCUT2D eigenvalue weighted by Gasteiger charge is -2.04. The Morgan fingerprint density at radius 3 is 2.78 bits per heavy atom. The Bertz CT molecular complexity index is 600. The van der Waals surface area contributed by atoms with Gasteiger partial charge < -0.3 is 5.73 Å². The summed E-state index contributed by atoms with van der Waals surface area (Å²) in [4.78, 5) is 9.46. The lowest BCUT2D eigenvalue weighted by atomic mass is 10.3. The van der Waals surface area contributed by atoms with E-state index in [-0.39, 0.29) is 5.84 Å². The third-order valence-corrected chi connectivity index (χ3v) is 3.20. The summed E-state index contributed by atoms with van der Waals surface area (Å²) >= 11 is 7.30. The molecule has 0 aliphatic carbocycles. The molecule has 4 nitrogen and oxygen atoms in total. The Balaban J connectivity index is 2.31. The highest BCUT2D eigenvalue weighted by atomic mass is 35.5. The van der Waals surface area contributed by atoms with Crippen LogP contribution in [-0.4, -0.2) is 15.8 Å². The van der Waals surface area contributed by atoms with E-state index in [1.54, 1.807) is 6.07 Å². The van der Waals surface area contributed by atoms with E-state index >= 15 is 0 Å². The van der Waals surface area contributed by atoms with Crippen LogP contribution in [0.15, 0.2) is 40.4 Å². The van der Waals surface area contributed by atoms with Gasteiger partial charge >= 0.3 is 0 Å². The Hall–Kier alpha value is -1.59. The molecule has 0 aliphatic heterocycles. The molecule has 1 aromatic heterocycles. The molecular formula is C12H11ClN4S.